The van der Waals surface area contributed by atoms with Crippen LogP contribution in [0.25, 0.3) is 0 Å². The van der Waals surface area contributed by atoms with Gasteiger partial charge in [-0.05, 0) is 55.7 Å². The molecule has 0 spiro atoms. The zero-order valence-electron chi connectivity index (χ0n) is 17.6. The molecule has 1 saturated heterocycles. The lowest BCUT2D eigenvalue weighted by atomic mass is 10.0. The molecule has 30 heavy (non-hydrogen) atoms. The van der Waals surface area contributed by atoms with Crippen molar-refractivity contribution >= 4 is 21.6 Å². The van der Waals surface area contributed by atoms with Gasteiger partial charge in [-0.15, -0.1) is 0 Å². The molecule has 2 aromatic rings. The van der Waals surface area contributed by atoms with Crippen LogP contribution in [0.3, 0.4) is 0 Å². The second-order valence-electron chi connectivity index (χ2n) is 7.27. The Hall–Kier alpha value is -2.74. The Morgan fingerprint density at radius 3 is 2.67 bits per heavy atom. The Morgan fingerprint density at radius 1 is 1.17 bits per heavy atom. The normalized spacial score (nSPS) is 16.4. The Balaban J connectivity index is 1.87. The number of rotatable bonds is 8. The number of hydrogen-bond donors (Lipinski definition) is 1. The van der Waals surface area contributed by atoms with E-state index in [9.17, 15) is 13.2 Å². The number of carbonyl (C=O) groups is 1. The topological polar surface area (TPSA) is 84.9 Å². The molecule has 1 fully saturated rings. The SMILES string of the molecule is CCCS(=O)(=O)Nc1cccc(C(=O)N2CCCC2c2cc(OC)ccc2OC)c1. The minimum Gasteiger partial charge on any atom is -0.497 e. The number of likely N-dealkylation sites (tertiary alicyclic amines) is 1. The number of amides is 1. The molecule has 162 valence electrons. The van der Waals surface area contributed by atoms with Gasteiger partial charge >= 0.3 is 0 Å². The zero-order chi connectivity index (χ0) is 21.7. The van der Waals surface area contributed by atoms with Crippen molar-refractivity contribution in [2.24, 2.45) is 0 Å². The van der Waals surface area contributed by atoms with E-state index >= 15 is 0 Å². The van der Waals surface area contributed by atoms with Gasteiger partial charge in [0.1, 0.15) is 11.5 Å². The molecule has 1 heterocycles. The number of sulfonamides is 1. The standard InChI is InChI=1S/C22H28N2O5S/c1-4-13-30(26,27)23-17-8-5-7-16(14-17)22(25)24-12-6-9-20(24)19-15-18(28-2)10-11-21(19)29-3/h5,7-8,10-11,14-15,20,23H,4,6,9,12-13H2,1-3H3. The van der Waals surface area contributed by atoms with E-state index in [4.69, 9.17) is 9.47 Å². The summed E-state index contributed by atoms with van der Waals surface area (Å²) < 4.78 is 37.6. The summed E-state index contributed by atoms with van der Waals surface area (Å²) in [6.45, 7) is 2.43. The summed E-state index contributed by atoms with van der Waals surface area (Å²) in [7, 11) is -0.207. The van der Waals surface area contributed by atoms with Crippen molar-refractivity contribution in [2.75, 3.05) is 31.2 Å². The van der Waals surface area contributed by atoms with Crippen molar-refractivity contribution in [1.82, 2.24) is 4.90 Å². The Labute approximate surface area is 178 Å². The van der Waals surface area contributed by atoms with Gasteiger partial charge in [0.05, 0.1) is 26.0 Å². The largest absolute Gasteiger partial charge is 0.497 e. The van der Waals surface area contributed by atoms with Gasteiger partial charge in [-0.2, -0.15) is 0 Å². The molecule has 1 atom stereocenters. The van der Waals surface area contributed by atoms with Crippen LogP contribution < -0.4 is 14.2 Å². The van der Waals surface area contributed by atoms with Gasteiger partial charge in [0.25, 0.3) is 5.91 Å². The van der Waals surface area contributed by atoms with Gasteiger partial charge in [0.2, 0.25) is 10.0 Å². The average Bonchev–Trinajstić information content (AvgIpc) is 3.22. The predicted molar refractivity (Wildman–Crippen MR) is 117 cm³/mol. The summed E-state index contributed by atoms with van der Waals surface area (Å²) in [6, 6.07) is 12.1. The van der Waals surface area contributed by atoms with E-state index in [-0.39, 0.29) is 17.7 Å². The quantitative estimate of drug-likeness (QED) is 0.685. The van der Waals surface area contributed by atoms with Crippen molar-refractivity contribution in [3.8, 4) is 11.5 Å². The maximum Gasteiger partial charge on any atom is 0.254 e. The van der Waals surface area contributed by atoms with Crippen LogP contribution in [0, 0.1) is 0 Å². The van der Waals surface area contributed by atoms with Crippen LogP contribution in [-0.4, -0.2) is 45.7 Å². The highest BCUT2D eigenvalue weighted by Crippen LogP contribution is 2.39. The van der Waals surface area contributed by atoms with Crippen LogP contribution in [0.1, 0.15) is 48.1 Å². The molecule has 1 aliphatic rings. The van der Waals surface area contributed by atoms with Gasteiger partial charge in [-0.25, -0.2) is 8.42 Å². The summed E-state index contributed by atoms with van der Waals surface area (Å²) in [5.41, 5.74) is 1.74. The third kappa shape index (κ3) is 4.87. The molecule has 8 heteroatoms. The number of carbonyl (C=O) groups excluding carboxylic acids is 1. The van der Waals surface area contributed by atoms with Crippen LogP contribution in [0.4, 0.5) is 5.69 Å². The molecule has 1 aliphatic heterocycles. The third-order valence-electron chi connectivity index (χ3n) is 5.17. The maximum atomic E-state index is 13.3. The van der Waals surface area contributed by atoms with Crippen molar-refractivity contribution in [2.45, 2.75) is 32.2 Å². The molecule has 1 unspecified atom stereocenters. The van der Waals surface area contributed by atoms with Crippen molar-refractivity contribution in [3.63, 3.8) is 0 Å². The molecule has 1 amide bonds. The molecule has 0 radical (unpaired) electrons. The highest BCUT2D eigenvalue weighted by atomic mass is 32.2. The molecule has 7 nitrogen and oxygen atoms in total. The van der Waals surface area contributed by atoms with Gasteiger partial charge in [0, 0.05) is 23.4 Å². The summed E-state index contributed by atoms with van der Waals surface area (Å²) in [6.07, 6.45) is 2.21. The van der Waals surface area contributed by atoms with E-state index in [0.717, 1.165) is 18.4 Å². The van der Waals surface area contributed by atoms with Crippen LogP contribution in [-0.2, 0) is 10.0 Å². The first kappa shape index (κ1) is 22.0. The molecule has 1 N–H and O–H groups in total. The maximum absolute atomic E-state index is 13.3. The van der Waals surface area contributed by atoms with Gasteiger partial charge in [-0.1, -0.05) is 13.0 Å². The van der Waals surface area contributed by atoms with Crippen molar-refractivity contribution in [1.29, 1.82) is 0 Å². The van der Waals surface area contributed by atoms with Gasteiger partial charge in [-0.3, -0.25) is 9.52 Å². The van der Waals surface area contributed by atoms with E-state index < -0.39 is 10.0 Å². The van der Waals surface area contributed by atoms with Gasteiger partial charge in [0.15, 0.2) is 0 Å². The van der Waals surface area contributed by atoms with Crippen LogP contribution >= 0.6 is 0 Å². The second kappa shape index (κ2) is 9.38. The molecular weight excluding hydrogens is 404 g/mol. The molecule has 2 aromatic carbocycles. The summed E-state index contributed by atoms with van der Waals surface area (Å²) in [5, 5.41) is 0. The second-order valence-corrected chi connectivity index (χ2v) is 9.11. The van der Waals surface area contributed by atoms with Crippen LogP contribution in [0.2, 0.25) is 0 Å². The Bertz CT molecular complexity index is 1010. The molecule has 3 rings (SSSR count). The lowest BCUT2D eigenvalue weighted by Gasteiger charge is -2.27. The van der Waals surface area contributed by atoms with E-state index in [1.807, 2.05) is 23.1 Å². The number of ether oxygens (including phenoxy) is 2. The number of hydrogen-bond acceptors (Lipinski definition) is 5. The molecular formula is C22H28N2O5S. The Kier molecular flexibility index (Phi) is 6.87. The minimum atomic E-state index is -3.42. The summed E-state index contributed by atoms with van der Waals surface area (Å²) in [5.74, 6) is 1.31. The number of anilines is 1. The molecule has 0 saturated carbocycles. The first-order valence-corrected chi connectivity index (χ1v) is 11.7. The fourth-order valence-electron chi connectivity index (χ4n) is 3.81. The Morgan fingerprint density at radius 2 is 1.97 bits per heavy atom. The lowest BCUT2D eigenvalue weighted by Crippen LogP contribution is -2.31. The van der Waals surface area contributed by atoms with Crippen LogP contribution in [0.5, 0.6) is 11.5 Å². The highest BCUT2D eigenvalue weighted by Gasteiger charge is 2.33. The molecule has 0 aromatic heterocycles. The van der Waals surface area contributed by atoms with Gasteiger partial charge < -0.3 is 14.4 Å². The number of nitrogens with zero attached hydrogens (tertiary/aromatic N) is 1. The average molecular weight is 433 g/mol. The molecule has 0 bridgehead atoms. The first-order valence-electron chi connectivity index (χ1n) is 10.0. The third-order valence-corrected chi connectivity index (χ3v) is 6.66. The first-order chi connectivity index (χ1) is 14.4. The van der Waals surface area contributed by atoms with E-state index in [2.05, 4.69) is 4.72 Å². The highest BCUT2D eigenvalue weighted by molar-refractivity contribution is 7.92. The van der Waals surface area contributed by atoms with Crippen molar-refractivity contribution < 1.29 is 22.7 Å². The monoisotopic (exact) mass is 432 g/mol. The zero-order valence-corrected chi connectivity index (χ0v) is 18.4. The number of benzene rings is 2. The number of methoxy groups -OCH3 is 2. The predicted octanol–water partition coefficient (Wildman–Crippen LogP) is 3.83. The van der Waals surface area contributed by atoms with Crippen molar-refractivity contribution in [3.05, 3.63) is 53.6 Å². The summed E-state index contributed by atoms with van der Waals surface area (Å²) in [4.78, 5) is 15.1. The minimum absolute atomic E-state index is 0.0367. The summed E-state index contributed by atoms with van der Waals surface area (Å²) >= 11 is 0. The van der Waals surface area contributed by atoms with E-state index in [1.54, 1.807) is 45.4 Å². The smallest absolute Gasteiger partial charge is 0.254 e. The van der Waals surface area contributed by atoms with E-state index in [0.29, 0.717) is 35.7 Å². The lowest BCUT2D eigenvalue weighted by molar-refractivity contribution is 0.0734. The molecule has 0 aliphatic carbocycles. The van der Waals surface area contributed by atoms with Crippen LogP contribution in [0.15, 0.2) is 42.5 Å². The fourth-order valence-corrected chi connectivity index (χ4v) is 4.94. The fraction of sp³-hybridized carbons (Fsp3) is 0.409. The van der Waals surface area contributed by atoms with E-state index in [1.165, 1.54) is 0 Å². The number of nitrogens with one attached hydrogen (secondary N) is 1.